The predicted octanol–water partition coefficient (Wildman–Crippen LogP) is 6.16. The third-order valence-electron chi connectivity index (χ3n) is 7.93. The van der Waals surface area contributed by atoms with Gasteiger partial charge in [0.2, 0.25) is 0 Å². The van der Waals surface area contributed by atoms with Crippen LogP contribution < -0.4 is 10.6 Å². The van der Waals surface area contributed by atoms with Crippen LogP contribution in [0, 0.1) is 11.8 Å². The monoisotopic (exact) mass is 532 g/mol. The standard InChI is InChI=1S/C28H38Cl2N4O2/c29-25-7-8-27(33-16-20-9-12-35-13-10-20)34-28(25)24-15-22(32-18-26(24)30)14-19-3-5-21(6-4-19)31-17-23-2-1-11-36-23/h7-8,15,18-21,23,31H,1-6,9-14,16-17H2,(H,33,34)/t19?,21?,23-/m1/s1. The molecule has 0 spiro atoms. The van der Waals surface area contributed by atoms with E-state index in [1.54, 1.807) is 6.20 Å². The minimum atomic E-state index is 0.412. The van der Waals surface area contributed by atoms with Gasteiger partial charge in [0, 0.05) is 56.4 Å². The van der Waals surface area contributed by atoms with Crippen LogP contribution in [0.4, 0.5) is 5.82 Å². The lowest BCUT2D eigenvalue weighted by Crippen LogP contribution is -2.38. The van der Waals surface area contributed by atoms with Crippen LogP contribution >= 0.6 is 23.2 Å². The molecule has 0 radical (unpaired) electrons. The number of nitrogens with one attached hydrogen (secondary N) is 2. The molecule has 4 heterocycles. The van der Waals surface area contributed by atoms with Crippen LogP contribution in [0.5, 0.6) is 0 Å². The van der Waals surface area contributed by atoms with Gasteiger partial charge in [0.05, 0.1) is 21.8 Å². The van der Waals surface area contributed by atoms with Crippen molar-refractivity contribution in [3.05, 3.63) is 40.1 Å². The highest BCUT2D eigenvalue weighted by Crippen LogP contribution is 2.34. The fourth-order valence-electron chi connectivity index (χ4n) is 5.67. The van der Waals surface area contributed by atoms with Crippen molar-refractivity contribution in [3.63, 3.8) is 0 Å². The number of ether oxygens (including phenoxy) is 2. The molecule has 1 saturated carbocycles. The normalized spacial score (nSPS) is 25.2. The second kappa shape index (κ2) is 12.9. The Bertz CT molecular complexity index is 988. The van der Waals surface area contributed by atoms with Gasteiger partial charge in [-0.25, -0.2) is 4.98 Å². The highest BCUT2D eigenvalue weighted by atomic mass is 35.5. The van der Waals surface area contributed by atoms with Crippen LogP contribution in [0.2, 0.25) is 10.0 Å². The third kappa shape index (κ3) is 7.11. The second-order valence-corrected chi connectivity index (χ2v) is 11.4. The molecular weight excluding hydrogens is 495 g/mol. The van der Waals surface area contributed by atoms with Crippen LogP contribution in [0.25, 0.3) is 11.3 Å². The zero-order valence-corrected chi connectivity index (χ0v) is 22.5. The van der Waals surface area contributed by atoms with Crippen molar-refractivity contribution in [1.29, 1.82) is 0 Å². The van der Waals surface area contributed by atoms with Crippen molar-refractivity contribution in [2.75, 3.05) is 38.2 Å². The largest absolute Gasteiger partial charge is 0.381 e. The average Bonchev–Trinajstić information content (AvgIpc) is 3.43. The maximum atomic E-state index is 6.59. The van der Waals surface area contributed by atoms with Crippen LogP contribution in [-0.2, 0) is 15.9 Å². The van der Waals surface area contributed by atoms with Gasteiger partial charge in [-0.15, -0.1) is 0 Å². The molecule has 3 fully saturated rings. The first-order valence-corrected chi connectivity index (χ1v) is 14.4. The molecule has 36 heavy (non-hydrogen) atoms. The molecule has 0 unspecified atom stereocenters. The van der Waals surface area contributed by atoms with Crippen LogP contribution in [0.1, 0.15) is 57.1 Å². The lowest BCUT2D eigenvalue weighted by atomic mass is 9.83. The summed E-state index contributed by atoms with van der Waals surface area (Å²) in [5.41, 5.74) is 2.63. The lowest BCUT2D eigenvalue weighted by Gasteiger charge is -2.30. The van der Waals surface area contributed by atoms with E-state index in [1.165, 1.54) is 38.5 Å². The number of hydrogen-bond donors (Lipinski definition) is 2. The quantitative estimate of drug-likeness (QED) is 0.403. The first kappa shape index (κ1) is 26.2. The van der Waals surface area contributed by atoms with E-state index in [0.29, 0.717) is 39.7 Å². The molecule has 2 aromatic heterocycles. The van der Waals surface area contributed by atoms with Gasteiger partial charge in [0.15, 0.2) is 0 Å². The molecule has 1 aliphatic carbocycles. The number of pyridine rings is 2. The number of nitrogens with zero attached hydrogens (tertiary/aromatic N) is 2. The maximum Gasteiger partial charge on any atom is 0.126 e. The summed E-state index contributed by atoms with van der Waals surface area (Å²) < 4.78 is 11.2. The number of halogens is 2. The molecule has 5 rings (SSSR count). The fraction of sp³-hybridized carbons (Fsp3) is 0.643. The van der Waals surface area contributed by atoms with Gasteiger partial charge < -0.3 is 20.1 Å². The van der Waals surface area contributed by atoms with E-state index in [2.05, 4.69) is 21.7 Å². The van der Waals surface area contributed by atoms with Gasteiger partial charge >= 0.3 is 0 Å². The van der Waals surface area contributed by atoms with Crippen molar-refractivity contribution in [1.82, 2.24) is 15.3 Å². The van der Waals surface area contributed by atoms with Crippen molar-refractivity contribution >= 4 is 29.0 Å². The summed E-state index contributed by atoms with van der Waals surface area (Å²) in [5, 5.41) is 8.40. The predicted molar refractivity (Wildman–Crippen MR) is 146 cm³/mol. The summed E-state index contributed by atoms with van der Waals surface area (Å²) >= 11 is 13.2. The number of hydrogen-bond acceptors (Lipinski definition) is 6. The smallest absolute Gasteiger partial charge is 0.126 e. The molecule has 8 heteroatoms. The van der Waals surface area contributed by atoms with E-state index < -0.39 is 0 Å². The Labute approximate surface area is 224 Å². The first-order valence-electron chi connectivity index (χ1n) is 13.6. The Kier molecular flexibility index (Phi) is 9.37. The van der Waals surface area contributed by atoms with E-state index >= 15 is 0 Å². The maximum absolute atomic E-state index is 6.59. The van der Waals surface area contributed by atoms with E-state index in [1.807, 2.05) is 12.1 Å². The van der Waals surface area contributed by atoms with E-state index in [4.69, 9.17) is 37.7 Å². The Hall–Kier alpha value is -1.44. The Morgan fingerprint density at radius 2 is 1.72 bits per heavy atom. The van der Waals surface area contributed by atoms with Crippen LogP contribution in [0.3, 0.4) is 0 Å². The molecule has 196 valence electrons. The van der Waals surface area contributed by atoms with Gasteiger partial charge in [0.1, 0.15) is 5.82 Å². The van der Waals surface area contributed by atoms with Gasteiger partial charge in [-0.05, 0) is 87.8 Å². The van der Waals surface area contributed by atoms with Crippen molar-refractivity contribution in [3.8, 4) is 11.3 Å². The highest BCUT2D eigenvalue weighted by molar-refractivity contribution is 6.36. The molecule has 2 N–H and O–H groups in total. The Morgan fingerprint density at radius 1 is 0.889 bits per heavy atom. The molecule has 0 aromatic carbocycles. The van der Waals surface area contributed by atoms with E-state index in [-0.39, 0.29) is 0 Å². The molecule has 2 aliphatic heterocycles. The summed E-state index contributed by atoms with van der Waals surface area (Å²) in [5.74, 6) is 2.07. The SMILES string of the molecule is Clc1cnc(CC2CCC(NC[C@H]3CCCO3)CC2)cc1-c1nc(NCC2CCOCC2)ccc1Cl. The molecule has 0 bridgehead atoms. The van der Waals surface area contributed by atoms with Crippen LogP contribution in [-0.4, -0.2) is 55.0 Å². The number of anilines is 1. The molecule has 0 amide bonds. The van der Waals surface area contributed by atoms with Gasteiger partial charge in [-0.3, -0.25) is 4.98 Å². The number of rotatable bonds is 9. The van der Waals surface area contributed by atoms with Gasteiger partial charge in [-0.1, -0.05) is 23.2 Å². The van der Waals surface area contributed by atoms with Gasteiger partial charge in [0.25, 0.3) is 0 Å². The molecular formula is C28H38Cl2N4O2. The third-order valence-corrected chi connectivity index (χ3v) is 8.53. The zero-order chi connectivity index (χ0) is 24.7. The summed E-state index contributed by atoms with van der Waals surface area (Å²) in [7, 11) is 0. The summed E-state index contributed by atoms with van der Waals surface area (Å²) in [6.07, 6.45) is 12.5. The first-order chi connectivity index (χ1) is 17.6. The van der Waals surface area contributed by atoms with Crippen molar-refractivity contribution < 1.29 is 9.47 Å². The number of aromatic nitrogens is 2. The molecule has 1 atom stereocenters. The summed E-state index contributed by atoms with van der Waals surface area (Å²) in [6.45, 7) is 4.49. The zero-order valence-electron chi connectivity index (χ0n) is 21.0. The van der Waals surface area contributed by atoms with Crippen molar-refractivity contribution in [2.45, 2.75) is 69.9 Å². The minimum Gasteiger partial charge on any atom is -0.381 e. The lowest BCUT2D eigenvalue weighted by molar-refractivity contribution is 0.0699. The fourth-order valence-corrected chi connectivity index (χ4v) is 6.07. The summed E-state index contributed by atoms with van der Waals surface area (Å²) in [6, 6.07) is 6.53. The average molecular weight is 534 g/mol. The summed E-state index contributed by atoms with van der Waals surface area (Å²) in [4.78, 5) is 9.49. The molecule has 3 aliphatic rings. The van der Waals surface area contributed by atoms with E-state index in [9.17, 15) is 0 Å². The van der Waals surface area contributed by atoms with Gasteiger partial charge in [-0.2, -0.15) is 0 Å². The Balaban J connectivity index is 1.18. The molecule has 2 aromatic rings. The Morgan fingerprint density at radius 3 is 2.50 bits per heavy atom. The van der Waals surface area contributed by atoms with E-state index in [0.717, 1.165) is 69.2 Å². The van der Waals surface area contributed by atoms with Crippen molar-refractivity contribution in [2.24, 2.45) is 11.8 Å². The highest BCUT2D eigenvalue weighted by Gasteiger charge is 2.24. The molecule has 2 saturated heterocycles. The topological polar surface area (TPSA) is 68.3 Å². The molecule has 6 nitrogen and oxygen atoms in total. The van der Waals surface area contributed by atoms with Crippen LogP contribution in [0.15, 0.2) is 24.4 Å². The second-order valence-electron chi connectivity index (χ2n) is 10.6. The minimum absolute atomic E-state index is 0.412.